The van der Waals surface area contributed by atoms with Gasteiger partial charge < -0.3 is 9.42 Å². The molecule has 0 aliphatic carbocycles. The third-order valence-electron chi connectivity index (χ3n) is 2.46. The van der Waals surface area contributed by atoms with E-state index in [1.54, 1.807) is 43.5 Å². The number of pyridine rings is 1. The molecule has 0 bridgehead atoms. The van der Waals surface area contributed by atoms with Crippen LogP contribution in [0.15, 0.2) is 29.0 Å². The molecule has 2 rings (SSSR count). The van der Waals surface area contributed by atoms with E-state index in [1.165, 1.54) is 0 Å². The van der Waals surface area contributed by atoms with E-state index in [0.717, 1.165) is 5.56 Å². The average molecular weight is 246 g/mol. The van der Waals surface area contributed by atoms with Crippen molar-refractivity contribution in [3.63, 3.8) is 0 Å². The predicted molar refractivity (Wildman–Crippen MR) is 64.5 cm³/mol. The molecule has 0 aliphatic heterocycles. The van der Waals surface area contributed by atoms with Crippen molar-refractivity contribution in [2.24, 2.45) is 0 Å². The lowest BCUT2D eigenvalue weighted by Gasteiger charge is -2.07. The van der Waals surface area contributed by atoms with Crippen molar-refractivity contribution < 1.29 is 9.32 Å². The van der Waals surface area contributed by atoms with Crippen LogP contribution in [0.1, 0.15) is 12.3 Å². The summed E-state index contributed by atoms with van der Waals surface area (Å²) in [6.45, 7) is 0. The standard InChI is InChI=1S/C12H14N4O2/c1-16(2)11(17)4-3-10-14-12(15-18-10)9-5-7-13-8-6-9/h5-8H,3-4H2,1-2H3. The Hall–Kier alpha value is -2.24. The molecule has 6 nitrogen and oxygen atoms in total. The summed E-state index contributed by atoms with van der Waals surface area (Å²) in [5, 5.41) is 3.87. The molecule has 0 aromatic carbocycles. The minimum Gasteiger partial charge on any atom is -0.349 e. The SMILES string of the molecule is CN(C)C(=O)CCc1nc(-c2ccncc2)no1. The molecular weight excluding hydrogens is 232 g/mol. The van der Waals surface area contributed by atoms with Crippen LogP contribution in [0.5, 0.6) is 0 Å². The van der Waals surface area contributed by atoms with Gasteiger partial charge in [0, 0.05) is 44.9 Å². The Morgan fingerprint density at radius 2 is 2.06 bits per heavy atom. The summed E-state index contributed by atoms with van der Waals surface area (Å²) in [6, 6.07) is 3.61. The maximum Gasteiger partial charge on any atom is 0.227 e. The number of aryl methyl sites for hydroxylation is 1. The highest BCUT2D eigenvalue weighted by Gasteiger charge is 2.11. The minimum atomic E-state index is 0.0404. The van der Waals surface area contributed by atoms with E-state index < -0.39 is 0 Å². The van der Waals surface area contributed by atoms with Gasteiger partial charge >= 0.3 is 0 Å². The first-order valence-corrected chi connectivity index (χ1v) is 5.60. The summed E-state index contributed by atoms with van der Waals surface area (Å²) in [5.74, 6) is 1.03. The van der Waals surface area contributed by atoms with Crippen LogP contribution in [0, 0.1) is 0 Å². The summed E-state index contributed by atoms with van der Waals surface area (Å²) in [7, 11) is 3.44. The minimum absolute atomic E-state index is 0.0404. The van der Waals surface area contributed by atoms with Crippen molar-refractivity contribution in [2.45, 2.75) is 12.8 Å². The highest BCUT2D eigenvalue weighted by atomic mass is 16.5. The molecule has 2 aromatic heterocycles. The van der Waals surface area contributed by atoms with E-state index in [9.17, 15) is 4.79 Å². The van der Waals surface area contributed by atoms with Gasteiger partial charge in [-0.3, -0.25) is 9.78 Å². The van der Waals surface area contributed by atoms with Crippen LogP contribution < -0.4 is 0 Å². The molecule has 0 saturated heterocycles. The molecule has 18 heavy (non-hydrogen) atoms. The molecule has 0 spiro atoms. The average Bonchev–Trinajstić information content (AvgIpc) is 2.85. The first-order valence-electron chi connectivity index (χ1n) is 5.60. The topological polar surface area (TPSA) is 72.1 Å². The number of hydrogen-bond acceptors (Lipinski definition) is 5. The molecule has 94 valence electrons. The molecule has 0 aliphatic rings. The Balaban J connectivity index is 2.01. The molecule has 0 N–H and O–H groups in total. The van der Waals surface area contributed by atoms with Crippen molar-refractivity contribution in [3.8, 4) is 11.4 Å². The number of amides is 1. The van der Waals surface area contributed by atoms with Crippen LogP contribution in [0.2, 0.25) is 0 Å². The molecule has 2 heterocycles. The van der Waals surface area contributed by atoms with E-state index >= 15 is 0 Å². The lowest BCUT2D eigenvalue weighted by Crippen LogP contribution is -2.21. The second kappa shape index (κ2) is 5.39. The normalized spacial score (nSPS) is 10.3. The van der Waals surface area contributed by atoms with Gasteiger partial charge in [-0.1, -0.05) is 5.16 Å². The Morgan fingerprint density at radius 1 is 1.33 bits per heavy atom. The zero-order chi connectivity index (χ0) is 13.0. The fourth-order valence-corrected chi connectivity index (χ4v) is 1.41. The van der Waals surface area contributed by atoms with E-state index in [0.29, 0.717) is 24.6 Å². The zero-order valence-electron chi connectivity index (χ0n) is 10.3. The first-order chi connectivity index (χ1) is 8.66. The smallest absolute Gasteiger partial charge is 0.227 e. The van der Waals surface area contributed by atoms with Crippen molar-refractivity contribution in [3.05, 3.63) is 30.4 Å². The zero-order valence-corrected chi connectivity index (χ0v) is 10.3. The number of aromatic nitrogens is 3. The number of nitrogens with zero attached hydrogens (tertiary/aromatic N) is 4. The molecule has 6 heteroatoms. The number of carbonyl (C=O) groups is 1. The van der Waals surface area contributed by atoms with Crippen molar-refractivity contribution >= 4 is 5.91 Å². The highest BCUT2D eigenvalue weighted by Crippen LogP contribution is 2.14. The Labute approximate surface area is 105 Å². The lowest BCUT2D eigenvalue weighted by atomic mass is 10.2. The van der Waals surface area contributed by atoms with Gasteiger partial charge in [-0.15, -0.1) is 0 Å². The van der Waals surface area contributed by atoms with Gasteiger partial charge in [0.2, 0.25) is 17.6 Å². The van der Waals surface area contributed by atoms with Gasteiger partial charge in [-0.2, -0.15) is 4.98 Å². The van der Waals surface area contributed by atoms with Gasteiger partial charge in [0.15, 0.2) is 0 Å². The summed E-state index contributed by atoms with van der Waals surface area (Å²) in [5.41, 5.74) is 0.846. The van der Waals surface area contributed by atoms with Crippen molar-refractivity contribution in [1.82, 2.24) is 20.0 Å². The van der Waals surface area contributed by atoms with E-state index in [-0.39, 0.29) is 5.91 Å². The summed E-state index contributed by atoms with van der Waals surface area (Å²) >= 11 is 0. The van der Waals surface area contributed by atoms with E-state index in [1.807, 2.05) is 0 Å². The second-order valence-electron chi connectivity index (χ2n) is 4.04. The molecule has 0 fully saturated rings. The number of carbonyl (C=O) groups excluding carboxylic acids is 1. The Kier molecular flexibility index (Phi) is 3.66. The molecule has 0 unspecified atom stereocenters. The van der Waals surface area contributed by atoms with Gasteiger partial charge in [-0.05, 0) is 12.1 Å². The molecule has 1 amide bonds. The highest BCUT2D eigenvalue weighted by molar-refractivity contribution is 5.75. The van der Waals surface area contributed by atoms with Gasteiger partial charge in [0.1, 0.15) is 0 Å². The first kappa shape index (κ1) is 12.2. The van der Waals surface area contributed by atoms with Gasteiger partial charge in [0.05, 0.1) is 0 Å². The third-order valence-corrected chi connectivity index (χ3v) is 2.46. The van der Waals surface area contributed by atoms with Crippen LogP contribution in [0.3, 0.4) is 0 Å². The van der Waals surface area contributed by atoms with Gasteiger partial charge in [0.25, 0.3) is 0 Å². The number of hydrogen-bond donors (Lipinski definition) is 0. The maximum absolute atomic E-state index is 11.4. The van der Waals surface area contributed by atoms with Gasteiger partial charge in [-0.25, -0.2) is 0 Å². The van der Waals surface area contributed by atoms with Crippen LogP contribution in [0.4, 0.5) is 0 Å². The fourth-order valence-electron chi connectivity index (χ4n) is 1.41. The largest absolute Gasteiger partial charge is 0.349 e. The monoisotopic (exact) mass is 246 g/mol. The predicted octanol–water partition coefficient (Wildman–Crippen LogP) is 1.15. The fraction of sp³-hybridized carbons (Fsp3) is 0.333. The third kappa shape index (κ3) is 2.91. The van der Waals surface area contributed by atoms with Crippen molar-refractivity contribution in [1.29, 1.82) is 0 Å². The van der Waals surface area contributed by atoms with E-state index in [2.05, 4.69) is 15.1 Å². The number of rotatable bonds is 4. The molecular formula is C12H14N4O2. The molecule has 2 aromatic rings. The second-order valence-corrected chi connectivity index (χ2v) is 4.04. The van der Waals surface area contributed by atoms with Crippen LogP contribution in [0.25, 0.3) is 11.4 Å². The molecule has 0 radical (unpaired) electrons. The summed E-state index contributed by atoms with van der Waals surface area (Å²) in [6.07, 6.45) is 4.15. The lowest BCUT2D eigenvalue weighted by molar-refractivity contribution is -0.128. The molecule has 0 saturated carbocycles. The van der Waals surface area contributed by atoms with Crippen molar-refractivity contribution in [2.75, 3.05) is 14.1 Å². The Morgan fingerprint density at radius 3 is 2.72 bits per heavy atom. The van der Waals surface area contributed by atoms with E-state index in [4.69, 9.17) is 4.52 Å². The van der Waals surface area contributed by atoms with Crippen LogP contribution in [-0.2, 0) is 11.2 Å². The molecule has 0 atom stereocenters. The Bertz CT molecular complexity index is 522. The quantitative estimate of drug-likeness (QED) is 0.809. The maximum atomic E-state index is 11.4. The van der Waals surface area contributed by atoms with Crippen LogP contribution in [-0.4, -0.2) is 40.0 Å². The van der Waals surface area contributed by atoms with Crippen LogP contribution >= 0.6 is 0 Å². The summed E-state index contributed by atoms with van der Waals surface area (Å²) < 4.78 is 5.10. The summed E-state index contributed by atoms with van der Waals surface area (Å²) in [4.78, 5) is 21.1.